The molecule has 14 heavy (non-hydrogen) atoms. The van der Waals surface area contributed by atoms with Crippen LogP contribution in [-0.2, 0) is 6.42 Å². The van der Waals surface area contributed by atoms with E-state index in [0.717, 1.165) is 13.0 Å². The lowest BCUT2D eigenvalue weighted by Gasteiger charge is -1.99. The van der Waals surface area contributed by atoms with Crippen molar-refractivity contribution in [3.05, 3.63) is 33.5 Å². The van der Waals surface area contributed by atoms with Gasteiger partial charge in [0.25, 0.3) is 0 Å². The van der Waals surface area contributed by atoms with Gasteiger partial charge in [-0.3, -0.25) is 0 Å². The molecule has 0 amide bonds. The van der Waals surface area contributed by atoms with Crippen LogP contribution in [0.5, 0.6) is 0 Å². The van der Waals surface area contributed by atoms with Gasteiger partial charge in [-0.05, 0) is 54.2 Å². The van der Waals surface area contributed by atoms with Gasteiger partial charge in [-0.1, -0.05) is 18.2 Å². The van der Waals surface area contributed by atoms with Crippen LogP contribution < -0.4 is 5.32 Å². The minimum Gasteiger partial charge on any atom is -0.350 e. The molecule has 0 aliphatic carbocycles. The Morgan fingerprint density at radius 3 is 2.93 bits per heavy atom. The number of aromatic amines is 1. The molecule has 0 aliphatic heterocycles. The number of hydrogen-bond donors (Lipinski definition) is 2. The zero-order valence-corrected chi connectivity index (χ0v) is 10.3. The van der Waals surface area contributed by atoms with Crippen molar-refractivity contribution in [3.63, 3.8) is 0 Å². The van der Waals surface area contributed by atoms with Gasteiger partial charge in [0.05, 0.1) is 3.70 Å². The SMILES string of the molecule is CNCCc1c(I)[nH]c2ccccc12. The molecule has 0 aliphatic rings. The molecule has 2 rings (SSSR count). The van der Waals surface area contributed by atoms with E-state index < -0.39 is 0 Å². The minimum absolute atomic E-state index is 1.03. The van der Waals surface area contributed by atoms with E-state index in [4.69, 9.17) is 0 Å². The van der Waals surface area contributed by atoms with Gasteiger partial charge in [-0.15, -0.1) is 0 Å². The second-order valence-electron chi connectivity index (χ2n) is 3.32. The van der Waals surface area contributed by atoms with Crippen LogP contribution in [0, 0.1) is 3.70 Å². The van der Waals surface area contributed by atoms with Crippen molar-refractivity contribution in [1.29, 1.82) is 0 Å². The zero-order chi connectivity index (χ0) is 9.97. The van der Waals surface area contributed by atoms with Crippen LogP contribution in [0.3, 0.4) is 0 Å². The van der Waals surface area contributed by atoms with E-state index in [-0.39, 0.29) is 0 Å². The van der Waals surface area contributed by atoms with E-state index in [2.05, 4.69) is 57.2 Å². The topological polar surface area (TPSA) is 27.8 Å². The molecule has 1 aromatic carbocycles. The lowest BCUT2D eigenvalue weighted by molar-refractivity contribution is 0.792. The van der Waals surface area contributed by atoms with E-state index in [1.54, 1.807) is 0 Å². The Hall–Kier alpha value is -0.550. The Morgan fingerprint density at radius 2 is 2.14 bits per heavy atom. The highest BCUT2D eigenvalue weighted by Gasteiger charge is 2.07. The fourth-order valence-corrected chi connectivity index (χ4v) is 2.51. The number of fused-ring (bicyclic) bond motifs is 1. The molecule has 1 heterocycles. The molecule has 0 atom stereocenters. The molecule has 0 unspecified atom stereocenters. The first-order valence-electron chi connectivity index (χ1n) is 4.72. The van der Waals surface area contributed by atoms with Gasteiger partial charge in [0.1, 0.15) is 0 Å². The molecule has 3 heteroatoms. The average Bonchev–Trinajstić information content (AvgIpc) is 2.51. The number of halogens is 1. The van der Waals surface area contributed by atoms with Gasteiger partial charge in [-0.25, -0.2) is 0 Å². The van der Waals surface area contributed by atoms with Crippen LogP contribution in [0.2, 0.25) is 0 Å². The summed E-state index contributed by atoms with van der Waals surface area (Å²) in [5.74, 6) is 0. The van der Waals surface area contributed by atoms with E-state index in [1.807, 2.05) is 7.05 Å². The minimum atomic E-state index is 1.03. The smallest absolute Gasteiger partial charge is 0.0815 e. The van der Waals surface area contributed by atoms with Gasteiger partial charge in [0.2, 0.25) is 0 Å². The molecular formula is C11H13IN2. The van der Waals surface area contributed by atoms with Gasteiger partial charge in [0, 0.05) is 10.9 Å². The standard InChI is InChI=1S/C11H13IN2/c1-13-7-6-9-8-4-2-3-5-10(8)14-11(9)12/h2-5,13-14H,6-7H2,1H3. The molecule has 2 N–H and O–H groups in total. The summed E-state index contributed by atoms with van der Waals surface area (Å²) in [6, 6.07) is 8.46. The van der Waals surface area contributed by atoms with Crippen molar-refractivity contribution in [2.45, 2.75) is 6.42 Å². The van der Waals surface area contributed by atoms with E-state index in [0.29, 0.717) is 0 Å². The predicted octanol–water partition coefficient (Wildman–Crippen LogP) is 2.53. The van der Waals surface area contributed by atoms with Crippen LogP contribution in [0.15, 0.2) is 24.3 Å². The summed E-state index contributed by atoms with van der Waals surface area (Å²) >= 11 is 2.37. The van der Waals surface area contributed by atoms with Crippen LogP contribution in [0.25, 0.3) is 10.9 Å². The third kappa shape index (κ3) is 1.79. The summed E-state index contributed by atoms with van der Waals surface area (Å²) in [7, 11) is 1.99. The lowest BCUT2D eigenvalue weighted by atomic mass is 10.1. The second-order valence-corrected chi connectivity index (χ2v) is 4.40. The fraction of sp³-hybridized carbons (Fsp3) is 0.273. The van der Waals surface area contributed by atoms with Crippen molar-refractivity contribution in [1.82, 2.24) is 10.3 Å². The van der Waals surface area contributed by atoms with Gasteiger partial charge >= 0.3 is 0 Å². The first kappa shape index (κ1) is 9.98. The first-order chi connectivity index (χ1) is 6.83. The summed E-state index contributed by atoms with van der Waals surface area (Å²) < 4.78 is 1.26. The molecule has 74 valence electrons. The highest BCUT2D eigenvalue weighted by atomic mass is 127. The molecule has 1 aromatic heterocycles. The summed E-state index contributed by atoms with van der Waals surface area (Å²) in [4.78, 5) is 3.39. The van der Waals surface area contributed by atoms with E-state index in [9.17, 15) is 0 Å². The average molecular weight is 300 g/mol. The Morgan fingerprint density at radius 1 is 1.36 bits per heavy atom. The molecule has 0 bridgehead atoms. The van der Waals surface area contributed by atoms with Crippen LogP contribution in [0.4, 0.5) is 0 Å². The second kappa shape index (κ2) is 4.31. The Bertz CT molecular complexity index is 434. The number of rotatable bonds is 3. The maximum Gasteiger partial charge on any atom is 0.0815 e. The molecule has 0 saturated carbocycles. The number of likely N-dealkylation sites (N-methyl/N-ethyl adjacent to an activating group) is 1. The Labute approximate surface area is 97.2 Å². The Balaban J connectivity index is 2.45. The number of hydrogen-bond acceptors (Lipinski definition) is 1. The quantitative estimate of drug-likeness (QED) is 0.838. The predicted molar refractivity (Wildman–Crippen MR) is 68.6 cm³/mol. The zero-order valence-electron chi connectivity index (χ0n) is 8.10. The summed E-state index contributed by atoms with van der Waals surface area (Å²) in [6.45, 7) is 1.03. The Kier molecular flexibility index (Phi) is 3.08. The molecular weight excluding hydrogens is 287 g/mol. The number of H-pyrrole nitrogens is 1. The molecule has 0 saturated heterocycles. The number of benzene rings is 1. The number of para-hydroxylation sites is 1. The maximum absolute atomic E-state index is 3.39. The van der Waals surface area contributed by atoms with Crippen molar-refractivity contribution >= 4 is 33.5 Å². The van der Waals surface area contributed by atoms with Crippen molar-refractivity contribution in [2.75, 3.05) is 13.6 Å². The van der Waals surface area contributed by atoms with Gasteiger partial charge in [0.15, 0.2) is 0 Å². The fourth-order valence-electron chi connectivity index (χ4n) is 1.66. The summed E-state index contributed by atoms with van der Waals surface area (Å²) in [5.41, 5.74) is 2.67. The van der Waals surface area contributed by atoms with Crippen LogP contribution in [0.1, 0.15) is 5.56 Å². The van der Waals surface area contributed by atoms with E-state index >= 15 is 0 Å². The maximum atomic E-state index is 3.39. The molecule has 0 fully saturated rings. The van der Waals surface area contributed by atoms with Gasteiger partial charge < -0.3 is 10.3 Å². The third-order valence-electron chi connectivity index (χ3n) is 2.39. The summed E-state index contributed by atoms with van der Waals surface area (Å²) in [5, 5.41) is 4.53. The normalized spacial score (nSPS) is 11.0. The van der Waals surface area contributed by atoms with E-state index in [1.165, 1.54) is 20.2 Å². The highest BCUT2D eigenvalue weighted by Crippen LogP contribution is 2.23. The third-order valence-corrected chi connectivity index (χ3v) is 3.31. The molecule has 0 radical (unpaired) electrons. The highest BCUT2D eigenvalue weighted by molar-refractivity contribution is 14.1. The lowest BCUT2D eigenvalue weighted by Crippen LogP contribution is -2.10. The largest absolute Gasteiger partial charge is 0.350 e. The van der Waals surface area contributed by atoms with Crippen molar-refractivity contribution in [3.8, 4) is 0 Å². The molecule has 2 aromatic rings. The monoisotopic (exact) mass is 300 g/mol. The summed E-state index contributed by atoms with van der Waals surface area (Å²) in [6.07, 6.45) is 1.08. The van der Waals surface area contributed by atoms with Crippen molar-refractivity contribution in [2.24, 2.45) is 0 Å². The molecule has 2 nitrogen and oxygen atoms in total. The first-order valence-corrected chi connectivity index (χ1v) is 5.80. The van der Waals surface area contributed by atoms with Crippen molar-refractivity contribution < 1.29 is 0 Å². The molecule has 0 spiro atoms. The van der Waals surface area contributed by atoms with Crippen LogP contribution in [-0.4, -0.2) is 18.6 Å². The number of nitrogens with one attached hydrogen (secondary N) is 2. The number of aromatic nitrogens is 1. The van der Waals surface area contributed by atoms with Crippen LogP contribution >= 0.6 is 22.6 Å². The van der Waals surface area contributed by atoms with Gasteiger partial charge in [-0.2, -0.15) is 0 Å².